The second kappa shape index (κ2) is 8.55. The first-order valence-electron chi connectivity index (χ1n) is 12.3. The second-order valence-corrected chi connectivity index (χ2v) is 10.8. The normalized spacial score (nSPS) is 20.8. The Balaban J connectivity index is 1.14. The molecule has 0 aliphatic carbocycles. The molecular formula is C24H26N10OS2. The highest BCUT2D eigenvalue weighted by Crippen LogP contribution is 2.44. The number of anilines is 4. The van der Waals surface area contributed by atoms with Crippen molar-refractivity contribution in [3.05, 3.63) is 30.7 Å². The lowest BCUT2D eigenvalue weighted by atomic mass is 9.77. The third-order valence-electron chi connectivity index (χ3n) is 7.68. The van der Waals surface area contributed by atoms with E-state index in [1.807, 2.05) is 31.7 Å². The van der Waals surface area contributed by atoms with Crippen molar-refractivity contribution in [1.29, 1.82) is 0 Å². The Morgan fingerprint density at radius 1 is 1.16 bits per heavy atom. The van der Waals surface area contributed by atoms with Crippen LogP contribution in [0.15, 0.2) is 30.7 Å². The van der Waals surface area contributed by atoms with Gasteiger partial charge in [-0.3, -0.25) is 9.78 Å². The van der Waals surface area contributed by atoms with Crippen LogP contribution in [0.2, 0.25) is 0 Å². The van der Waals surface area contributed by atoms with Crippen molar-refractivity contribution in [2.75, 3.05) is 47.9 Å². The minimum atomic E-state index is 0.0187. The van der Waals surface area contributed by atoms with E-state index >= 15 is 0 Å². The van der Waals surface area contributed by atoms with Gasteiger partial charge < -0.3 is 19.9 Å². The number of hydrogen-bond donors (Lipinski definition) is 3. The summed E-state index contributed by atoms with van der Waals surface area (Å²) in [5.74, 6) is 2.41. The molecule has 190 valence electrons. The first kappa shape index (κ1) is 22.7. The predicted molar refractivity (Wildman–Crippen MR) is 149 cm³/mol. The van der Waals surface area contributed by atoms with Crippen molar-refractivity contribution in [1.82, 2.24) is 34.9 Å². The van der Waals surface area contributed by atoms with E-state index in [4.69, 9.17) is 44.5 Å². The minimum Gasteiger partial charge on any atom is -0.485 e. The highest BCUT2D eigenvalue weighted by atomic mass is 32.1. The van der Waals surface area contributed by atoms with Gasteiger partial charge in [0.15, 0.2) is 27.9 Å². The molecule has 2 saturated heterocycles. The summed E-state index contributed by atoms with van der Waals surface area (Å²) in [5.41, 5.74) is 4.24. The Morgan fingerprint density at radius 2 is 2.03 bits per heavy atom. The largest absolute Gasteiger partial charge is 0.485 e. The van der Waals surface area contributed by atoms with Crippen molar-refractivity contribution in [3.8, 4) is 11.3 Å². The van der Waals surface area contributed by atoms with Crippen LogP contribution in [0, 0.1) is 5.41 Å². The summed E-state index contributed by atoms with van der Waals surface area (Å²) in [4.78, 5) is 18.9. The molecule has 0 radical (unpaired) electrons. The fourth-order valence-electron chi connectivity index (χ4n) is 5.48. The standard InChI is InChI=1S/C24H26N10OS2/c1-32-12-14(10-27-32)15-2-3-16-20(28-15)25-6-9-34(16)22-18-21(30-31-22)29-17(11-26-18)33-7-4-24(5-8-33)13-35-23(37)19(24)36/h2-3,10-12,19,36H,4-9,13H2,1H3,(H,25,28)(H,29,30,31)/t19-/m1/s1. The number of aryl methyl sites for hydroxylation is 1. The molecule has 7 heterocycles. The molecule has 4 aromatic heterocycles. The average molecular weight is 535 g/mol. The van der Waals surface area contributed by atoms with E-state index < -0.39 is 0 Å². The smallest absolute Gasteiger partial charge is 0.183 e. The quantitative estimate of drug-likeness (QED) is 0.268. The Bertz CT molecular complexity index is 1510. The lowest BCUT2D eigenvalue weighted by molar-refractivity contribution is 0.171. The maximum Gasteiger partial charge on any atom is 0.183 e. The van der Waals surface area contributed by atoms with Gasteiger partial charge in [0.05, 0.1) is 35.6 Å². The van der Waals surface area contributed by atoms with Crippen molar-refractivity contribution >= 4 is 64.2 Å². The van der Waals surface area contributed by atoms with E-state index in [1.165, 1.54) is 0 Å². The highest BCUT2D eigenvalue weighted by Gasteiger charge is 2.48. The van der Waals surface area contributed by atoms with Crippen LogP contribution in [0.25, 0.3) is 22.4 Å². The number of aromatic nitrogens is 7. The maximum atomic E-state index is 5.65. The number of rotatable bonds is 3. The summed E-state index contributed by atoms with van der Waals surface area (Å²) in [5, 5.41) is 16.0. The molecule has 0 amide bonds. The molecule has 0 bridgehead atoms. The van der Waals surface area contributed by atoms with Crippen LogP contribution in [-0.4, -0.2) is 78.0 Å². The molecule has 2 fully saturated rings. The van der Waals surface area contributed by atoms with Gasteiger partial charge in [0.25, 0.3) is 0 Å². The molecule has 11 nitrogen and oxygen atoms in total. The molecule has 0 saturated carbocycles. The second-order valence-electron chi connectivity index (χ2n) is 9.88. The molecule has 1 atom stereocenters. The van der Waals surface area contributed by atoms with Crippen molar-refractivity contribution in [2.45, 2.75) is 18.1 Å². The van der Waals surface area contributed by atoms with Crippen molar-refractivity contribution < 1.29 is 4.74 Å². The van der Waals surface area contributed by atoms with Crippen LogP contribution in [-0.2, 0) is 11.8 Å². The molecular weight excluding hydrogens is 508 g/mol. The monoisotopic (exact) mass is 534 g/mol. The number of ether oxygens (including phenoxy) is 1. The number of piperidine rings is 1. The van der Waals surface area contributed by atoms with E-state index in [-0.39, 0.29) is 10.7 Å². The summed E-state index contributed by atoms with van der Waals surface area (Å²) in [6.07, 6.45) is 7.54. The number of thiol groups is 1. The van der Waals surface area contributed by atoms with Gasteiger partial charge in [-0.2, -0.15) is 22.8 Å². The van der Waals surface area contributed by atoms with Gasteiger partial charge in [0.1, 0.15) is 5.82 Å². The summed E-state index contributed by atoms with van der Waals surface area (Å²) in [6.45, 7) is 3.87. The molecule has 2 N–H and O–H groups in total. The van der Waals surface area contributed by atoms with E-state index in [0.717, 1.165) is 78.9 Å². The van der Waals surface area contributed by atoms with Gasteiger partial charge in [-0.25, -0.2) is 15.0 Å². The zero-order chi connectivity index (χ0) is 25.1. The van der Waals surface area contributed by atoms with Crippen molar-refractivity contribution in [3.63, 3.8) is 0 Å². The van der Waals surface area contributed by atoms with Crippen LogP contribution in [0.4, 0.5) is 23.1 Å². The molecule has 7 rings (SSSR count). The zero-order valence-electron chi connectivity index (χ0n) is 20.3. The summed E-state index contributed by atoms with van der Waals surface area (Å²) < 4.78 is 7.42. The predicted octanol–water partition coefficient (Wildman–Crippen LogP) is 2.95. The molecule has 0 aromatic carbocycles. The van der Waals surface area contributed by atoms with Crippen LogP contribution in [0.1, 0.15) is 12.8 Å². The van der Waals surface area contributed by atoms with Crippen molar-refractivity contribution in [2.24, 2.45) is 12.5 Å². The fourth-order valence-corrected chi connectivity index (χ4v) is 6.20. The molecule has 37 heavy (non-hydrogen) atoms. The number of nitrogens with one attached hydrogen (secondary N) is 2. The Kier molecular flexibility index (Phi) is 5.25. The molecule has 4 aromatic rings. The maximum absolute atomic E-state index is 5.65. The average Bonchev–Trinajstić information content (AvgIpc) is 3.63. The number of aromatic amines is 1. The third-order valence-corrected chi connectivity index (χ3v) is 8.99. The third kappa shape index (κ3) is 3.71. The lowest BCUT2D eigenvalue weighted by Crippen LogP contribution is -2.45. The molecule has 13 heteroatoms. The molecule has 3 aliphatic rings. The van der Waals surface area contributed by atoms with Crippen LogP contribution >= 0.6 is 24.8 Å². The zero-order valence-corrected chi connectivity index (χ0v) is 22.0. The van der Waals surface area contributed by atoms with E-state index in [2.05, 4.69) is 36.5 Å². The van der Waals surface area contributed by atoms with Gasteiger partial charge in [-0.15, -0.1) is 0 Å². The number of pyridine rings is 1. The minimum absolute atomic E-state index is 0.0187. The van der Waals surface area contributed by atoms with E-state index in [0.29, 0.717) is 17.3 Å². The Morgan fingerprint density at radius 3 is 2.78 bits per heavy atom. The molecule has 3 aliphatic heterocycles. The van der Waals surface area contributed by atoms with Crippen LogP contribution < -0.4 is 15.1 Å². The van der Waals surface area contributed by atoms with Gasteiger partial charge in [0.2, 0.25) is 0 Å². The van der Waals surface area contributed by atoms with Gasteiger partial charge in [-0.05, 0) is 37.2 Å². The topological polar surface area (TPSA) is 113 Å². The first-order valence-corrected chi connectivity index (χ1v) is 13.3. The van der Waals surface area contributed by atoms with Gasteiger partial charge >= 0.3 is 0 Å². The molecule has 1 spiro atoms. The first-order chi connectivity index (χ1) is 18.0. The van der Waals surface area contributed by atoms with Gasteiger partial charge in [0, 0.05) is 50.4 Å². The molecule has 0 unspecified atom stereocenters. The van der Waals surface area contributed by atoms with Crippen LogP contribution in [0.3, 0.4) is 0 Å². The van der Waals surface area contributed by atoms with Gasteiger partial charge in [-0.1, -0.05) is 0 Å². The Hall–Kier alpha value is -3.45. The van der Waals surface area contributed by atoms with Crippen LogP contribution in [0.5, 0.6) is 0 Å². The summed E-state index contributed by atoms with van der Waals surface area (Å²) >= 11 is 10.1. The lowest BCUT2D eigenvalue weighted by Gasteiger charge is -2.40. The number of H-pyrrole nitrogens is 1. The van der Waals surface area contributed by atoms with E-state index in [9.17, 15) is 0 Å². The van der Waals surface area contributed by atoms with E-state index in [1.54, 1.807) is 4.68 Å². The number of thiocarbonyl (C=S) groups is 1. The SMILES string of the molecule is Cn1cc(-c2ccc3c(n2)NCCN3c2n[nH]c3nc(N4CCC5(CC4)COC(=S)[C@H]5S)cnc23)cn1. The Labute approximate surface area is 224 Å². The highest BCUT2D eigenvalue weighted by molar-refractivity contribution is 7.86. The summed E-state index contributed by atoms with van der Waals surface area (Å²) in [6, 6.07) is 4.07. The number of nitrogens with zero attached hydrogens (tertiary/aromatic N) is 8. The number of fused-ring (bicyclic) bond motifs is 2. The fraction of sp³-hybridized carbons (Fsp3) is 0.417. The summed E-state index contributed by atoms with van der Waals surface area (Å²) in [7, 11) is 1.90. The number of hydrogen-bond acceptors (Lipinski definition) is 11.